The first-order valence-corrected chi connectivity index (χ1v) is 8.97. The molecule has 1 aliphatic heterocycles. The Morgan fingerprint density at radius 1 is 1.04 bits per heavy atom. The van der Waals surface area contributed by atoms with E-state index in [1.807, 2.05) is 36.4 Å². The van der Waals surface area contributed by atoms with Gasteiger partial charge in [-0.1, -0.05) is 30.7 Å². The number of piperidine rings is 1. The van der Waals surface area contributed by atoms with Gasteiger partial charge in [-0.3, -0.25) is 9.69 Å². The van der Waals surface area contributed by atoms with E-state index < -0.39 is 0 Å². The molecule has 0 aliphatic carbocycles. The Balaban J connectivity index is 1.58. The van der Waals surface area contributed by atoms with Crippen LogP contribution in [0.1, 0.15) is 30.4 Å². The molecular weight excluding hydrogens is 312 g/mol. The predicted octanol–water partition coefficient (Wildman–Crippen LogP) is 3.86. The lowest BCUT2D eigenvalue weighted by Crippen LogP contribution is -2.29. The zero-order valence-electron chi connectivity index (χ0n) is 14.8. The quantitative estimate of drug-likeness (QED) is 0.869. The molecule has 1 fully saturated rings. The second-order valence-corrected chi connectivity index (χ2v) is 6.61. The average Bonchev–Trinajstić information content (AvgIpc) is 2.63. The molecule has 25 heavy (non-hydrogen) atoms. The largest absolute Gasteiger partial charge is 0.497 e. The van der Waals surface area contributed by atoms with E-state index in [0.717, 1.165) is 23.5 Å². The Hall–Kier alpha value is -2.33. The van der Waals surface area contributed by atoms with Crippen molar-refractivity contribution in [2.24, 2.45) is 0 Å². The number of ether oxygens (including phenoxy) is 1. The van der Waals surface area contributed by atoms with Crippen LogP contribution in [0.3, 0.4) is 0 Å². The molecule has 0 saturated carbocycles. The standard InChI is InChI=1S/C21H26N2O2/c1-25-20-10-6-7-17(14-20)15-21(24)22-19-9-5-8-18(13-19)16-23-11-3-2-4-12-23/h5-10,13-14H,2-4,11-12,15-16H2,1H3,(H,22,24). The Morgan fingerprint density at radius 2 is 1.80 bits per heavy atom. The van der Waals surface area contributed by atoms with Gasteiger partial charge in [0, 0.05) is 12.2 Å². The summed E-state index contributed by atoms with van der Waals surface area (Å²) in [7, 11) is 1.63. The van der Waals surface area contributed by atoms with Crippen LogP contribution in [0.2, 0.25) is 0 Å². The first kappa shape index (κ1) is 17.5. The molecule has 4 heteroatoms. The second kappa shape index (κ2) is 8.67. The molecule has 132 valence electrons. The van der Waals surface area contributed by atoms with Crippen LogP contribution in [0.4, 0.5) is 5.69 Å². The van der Waals surface area contributed by atoms with Crippen LogP contribution in [-0.4, -0.2) is 31.0 Å². The lowest BCUT2D eigenvalue weighted by molar-refractivity contribution is -0.115. The summed E-state index contributed by atoms with van der Waals surface area (Å²) in [6.07, 6.45) is 4.26. The molecule has 0 bridgehead atoms. The summed E-state index contributed by atoms with van der Waals surface area (Å²) in [6, 6.07) is 15.8. The Kier molecular flexibility index (Phi) is 6.07. The summed E-state index contributed by atoms with van der Waals surface area (Å²) in [5, 5.41) is 3.01. The smallest absolute Gasteiger partial charge is 0.228 e. The Labute approximate surface area is 149 Å². The van der Waals surface area contributed by atoms with Crippen LogP contribution in [0.5, 0.6) is 5.75 Å². The highest BCUT2D eigenvalue weighted by Crippen LogP contribution is 2.17. The number of hydrogen-bond acceptors (Lipinski definition) is 3. The Morgan fingerprint density at radius 3 is 2.60 bits per heavy atom. The zero-order chi connectivity index (χ0) is 17.5. The van der Waals surface area contributed by atoms with Crippen molar-refractivity contribution < 1.29 is 9.53 Å². The molecule has 1 aliphatic rings. The fraction of sp³-hybridized carbons (Fsp3) is 0.381. The molecule has 3 rings (SSSR count). The lowest BCUT2D eigenvalue weighted by Gasteiger charge is -2.26. The van der Waals surface area contributed by atoms with Gasteiger partial charge in [-0.15, -0.1) is 0 Å². The van der Waals surface area contributed by atoms with Crippen LogP contribution >= 0.6 is 0 Å². The maximum Gasteiger partial charge on any atom is 0.228 e. The van der Waals surface area contributed by atoms with Gasteiger partial charge in [0.15, 0.2) is 0 Å². The molecule has 4 nitrogen and oxygen atoms in total. The fourth-order valence-electron chi connectivity index (χ4n) is 3.30. The van der Waals surface area contributed by atoms with Gasteiger partial charge in [0.2, 0.25) is 5.91 Å². The van der Waals surface area contributed by atoms with Crippen molar-refractivity contribution in [1.82, 2.24) is 4.90 Å². The van der Waals surface area contributed by atoms with Crippen molar-refractivity contribution in [3.05, 3.63) is 59.7 Å². The number of hydrogen-bond donors (Lipinski definition) is 1. The maximum absolute atomic E-state index is 12.3. The maximum atomic E-state index is 12.3. The van der Waals surface area contributed by atoms with Gasteiger partial charge in [-0.05, 0) is 61.3 Å². The second-order valence-electron chi connectivity index (χ2n) is 6.61. The average molecular weight is 338 g/mol. The van der Waals surface area contributed by atoms with Crippen LogP contribution in [-0.2, 0) is 17.8 Å². The monoisotopic (exact) mass is 338 g/mol. The number of rotatable bonds is 6. The third-order valence-electron chi connectivity index (χ3n) is 4.56. The molecule has 0 radical (unpaired) electrons. The first-order chi connectivity index (χ1) is 12.2. The van der Waals surface area contributed by atoms with E-state index in [2.05, 4.69) is 22.3 Å². The molecule has 1 amide bonds. The van der Waals surface area contributed by atoms with Crippen molar-refractivity contribution in [1.29, 1.82) is 0 Å². The predicted molar refractivity (Wildman–Crippen MR) is 101 cm³/mol. The molecule has 0 spiro atoms. The van der Waals surface area contributed by atoms with Crippen molar-refractivity contribution in [3.8, 4) is 5.75 Å². The van der Waals surface area contributed by atoms with Crippen molar-refractivity contribution >= 4 is 11.6 Å². The minimum Gasteiger partial charge on any atom is -0.497 e. The van der Waals surface area contributed by atoms with E-state index in [9.17, 15) is 4.79 Å². The van der Waals surface area contributed by atoms with Gasteiger partial charge in [0.05, 0.1) is 13.5 Å². The summed E-state index contributed by atoms with van der Waals surface area (Å²) in [4.78, 5) is 14.8. The summed E-state index contributed by atoms with van der Waals surface area (Å²) in [5.41, 5.74) is 3.06. The van der Waals surface area contributed by atoms with Gasteiger partial charge in [-0.25, -0.2) is 0 Å². The number of likely N-dealkylation sites (tertiary alicyclic amines) is 1. The summed E-state index contributed by atoms with van der Waals surface area (Å²) < 4.78 is 5.21. The van der Waals surface area contributed by atoms with Gasteiger partial charge in [0.25, 0.3) is 0 Å². The lowest BCUT2D eigenvalue weighted by atomic mass is 10.1. The van der Waals surface area contributed by atoms with E-state index in [1.54, 1.807) is 7.11 Å². The minimum atomic E-state index is -0.0108. The summed E-state index contributed by atoms with van der Waals surface area (Å²) in [5.74, 6) is 0.761. The molecular formula is C21H26N2O2. The van der Waals surface area contributed by atoms with Crippen LogP contribution < -0.4 is 10.1 Å². The minimum absolute atomic E-state index is 0.0108. The van der Waals surface area contributed by atoms with E-state index in [0.29, 0.717) is 6.42 Å². The van der Waals surface area contributed by atoms with Gasteiger partial charge in [0.1, 0.15) is 5.75 Å². The molecule has 2 aromatic rings. The first-order valence-electron chi connectivity index (χ1n) is 8.97. The molecule has 1 heterocycles. The van der Waals surface area contributed by atoms with E-state index in [1.165, 1.54) is 37.9 Å². The number of methoxy groups -OCH3 is 1. The molecule has 0 aromatic heterocycles. The topological polar surface area (TPSA) is 41.6 Å². The van der Waals surface area contributed by atoms with E-state index in [4.69, 9.17) is 4.74 Å². The molecule has 1 saturated heterocycles. The number of amides is 1. The summed E-state index contributed by atoms with van der Waals surface area (Å²) >= 11 is 0. The molecule has 1 N–H and O–H groups in total. The molecule has 0 unspecified atom stereocenters. The molecule has 2 aromatic carbocycles. The van der Waals surface area contributed by atoms with E-state index in [-0.39, 0.29) is 5.91 Å². The number of benzene rings is 2. The third-order valence-corrected chi connectivity index (χ3v) is 4.56. The van der Waals surface area contributed by atoms with Crippen molar-refractivity contribution in [3.63, 3.8) is 0 Å². The highest BCUT2D eigenvalue weighted by atomic mass is 16.5. The van der Waals surface area contributed by atoms with Gasteiger partial charge < -0.3 is 10.1 Å². The zero-order valence-corrected chi connectivity index (χ0v) is 14.8. The van der Waals surface area contributed by atoms with Gasteiger partial charge >= 0.3 is 0 Å². The number of carbonyl (C=O) groups excluding carboxylic acids is 1. The van der Waals surface area contributed by atoms with Crippen LogP contribution in [0.25, 0.3) is 0 Å². The van der Waals surface area contributed by atoms with E-state index >= 15 is 0 Å². The summed E-state index contributed by atoms with van der Waals surface area (Å²) in [6.45, 7) is 3.30. The highest BCUT2D eigenvalue weighted by molar-refractivity contribution is 5.92. The Bertz CT molecular complexity index is 709. The SMILES string of the molecule is COc1cccc(CC(=O)Nc2cccc(CN3CCCCC3)c2)c1. The van der Waals surface area contributed by atoms with Gasteiger partial charge in [-0.2, -0.15) is 0 Å². The van der Waals surface area contributed by atoms with Crippen molar-refractivity contribution in [2.45, 2.75) is 32.2 Å². The fourth-order valence-corrected chi connectivity index (χ4v) is 3.30. The van der Waals surface area contributed by atoms with Crippen LogP contribution in [0, 0.1) is 0 Å². The third kappa shape index (κ3) is 5.33. The van der Waals surface area contributed by atoms with Crippen molar-refractivity contribution in [2.75, 3.05) is 25.5 Å². The molecule has 0 atom stereocenters. The highest BCUT2D eigenvalue weighted by Gasteiger charge is 2.11. The number of nitrogens with one attached hydrogen (secondary N) is 1. The number of carbonyl (C=O) groups is 1. The normalized spacial score (nSPS) is 14.9. The number of anilines is 1. The van der Waals surface area contributed by atoms with Crippen LogP contribution in [0.15, 0.2) is 48.5 Å². The number of nitrogens with zero attached hydrogens (tertiary/aromatic N) is 1.